The molecule has 1 fully saturated rings. The summed E-state index contributed by atoms with van der Waals surface area (Å²) in [6.07, 6.45) is 3.05. The van der Waals surface area contributed by atoms with Crippen LogP contribution in [0.25, 0.3) is 5.65 Å². The first-order valence-electron chi connectivity index (χ1n) is 6.43. The van der Waals surface area contributed by atoms with Gasteiger partial charge in [0.2, 0.25) is 0 Å². The van der Waals surface area contributed by atoms with Crippen molar-refractivity contribution >= 4 is 17.4 Å². The van der Waals surface area contributed by atoms with Gasteiger partial charge in [-0.05, 0) is 19.9 Å². The van der Waals surface area contributed by atoms with Gasteiger partial charge in [0.05, 0.1) is 18.4 Å². The van der Waals surface area contributed by atoms with Crippen LogP contribution >= 0.6 is 0 Å². The van der Waals surface area contributed by atoms with Crippen LogP contribution in [0.15, 0.2) is 18.5 Å². The molecule has 1 saturated heterocycles. The molecule has 1 N–H and O–H groups in total. The number of fused-ring (bicyclic) bond motifs is 1. The Morgan fingerprint density at radius 3 is 3.00 bits per heavy atom. The lowest BCUT2D eigenvalue weighted by Crippen LogP contribution is -2.48. The van der Waals surface area contributed by atoms with E-state index in [9.17, 15) is 4.79 Å². The lowest BCUT2D eigenvalue weighted by Gasteiger charge is -2.38. The van der Waals surface area contributed by atoms with Crippen molar-refractivity contribution in [1.82, 2.24) is 14.6 Å². The van der Waals surface area contributed by atoms with Crippen LogP contribution < -0.4 is 4.90 Å². The number of ether oxygens (including phenoxy) is 1. The highest BCUT2D eigenvalue weighted by Crippen LogP contribution is 2.22. The average molecular weight is 276 g/mol. The van der Waals surface area contributed by atoms with Gasteiger partial charge in [-0.15, -0.1) is 0 Å². The fourth-order valence-electron chi connectivity index (χ4n) is 2.40. The molecule has 3 rings (SSSR count). The van der Waals surface area contributed by atoms with Crippen molar-refractivity contribution in [1.29, 1.82) is 0 Å². The molecule has 1 aliphatic heterocycles. The second kappa shape index (κ2) is 4.45. The Balaban J connectivity index is 1.99. The van der Waals surface area contributed by atoms with E-state index in [1.54, 1.807) is 6.20 Å². The van der Waals surface area contributed by atoms with Crippen LogP contribution in [0, 0.1) is 0 Å². The minimum atomic E-state index is -1.02. The third-order valence-electron chi connectivity index (χ3n) is 3.33. The Kier molecular flexibility index (Phi) is 2.86. The first-order valence-corrected chi connectivity index (χ1v) is 6.43. The second-order valence-electron chi connectivity index (χ2n) is 5.45. The molecule has 0 saturated carbocycles. The van der Waals surface area contributed by atoms with Gasteiger partial charge in [-0.2, -0.15) is 5.10 Å². The van der Waals surface area contributed by atoms with E-state index in [-0.39, 0.29) is 11.2 Å². The second-order valence-corrected chi connectivity index (χ2v) is 5.45. The van der Waals surface area contributed by atoms with Gasteiger partial charge in [0.25, 0.3) is 0 Å². The summed E-state index contributed by atoms with van der Waals surface area (Å²) in [5.74, 6) is -0.274. The zero-order valence-electron chi connectivity index (χ0n) is 11.4. The minimum absolute atomic E-state index is 0.111. The lowest BCUT2D eigenvalue weighted by atomic mass is 10.1. The minimum Gasteiger partial charge on any atom is -0.477 e. The highest BCUT2D eigenvalue weighted by atomic mass is 16.5. The number of rotatable bonds is 2. The van der Waals surface area contributed by atoms with Crippen molar-refractivity contribution in [3.63, 3.8) is 0 Å². The molecular weight excluding hydrogens is 260 g/mol. The van der Waals surface area contributed by atoms with Crippen molar-refractivity contribution < 1.29 is 14.6 Å². The number of carboxylic acids is 1. The van der Waals surface area contributed by atoms with Crippen LogP contribution in [0.1, 0.15) is 24.2 Å². The van der Waals surface area contributed by atoms with Gasteiger partial charge in [-0.1, -0.05) is 0 Å². The predicted molar refractivity (Wildman–Crippen MR) is 72.2 cm³/mol. The number of morpholine rings is 1. The Morgan fingerprint density at radius 2 is 2.30 bits per heavy atom. The van der Waals surface area contributed by atoms with Gasteiger partial charge >= 0.3 is 5.97 Å². The topological polar surface area (TPSA) is 80.0 Å². The molecule has 0 aliphatic carbocycles. The molecule has 20 heavy (non-hydrogen) atoms. The maximum Gasteiger partial charge on any atom is 0.341 e. The Morgan fingerprint density at radius 1 is 1.50 bits per heavy atom. The molecule has 0 aromatic carbocycles. The van der Waals surface area contributed by atoms with Crippen LogP contribution in [0.4, 0.5) is 5.82 Å². The molecule has 2 aromatic heterocycles. The lowest BCUT2D eigenvalue weighted by molar-refractivity contribution is -0.0279. The number of carboxylic acid groups (broad SMARTS) is 1. The smallest absolute Gasteiger partial charge is 0.341 e. The molecule has 7 heteroatoms. The Labute approximate surface area is 115 Å². The quantitative estimate of drug-likeness (QED) is 0.883. The number of aromatic carboxylic acids is 1. The number of aromatic nitrogens is 3. The third kappa shape index (κ3) is 2.20. The van der Waals surface area contributed by atoms with Crippen LogP contribution in [-0.2, 0) is 4.74 Å². The fraction of sp³-hybridized carbons (Fsp3) is 0.462. The summed E-state index contributed by atoms with van der Waals surface area (Å²) >= 11 is 0. The molecule has 7 nitrogen and oxygen atoms in total. The van der Waals surface area contributed by atoms with E-state index in [2.05, 4.69) is 15.0 Å². The third-order valence-corrected chi connectivity index (χ3v) is 3.33. The fourth-order valence-corrected chi connectivity index (χ4v) is 2.40. The summed E-state index contributed by atoms with van der Waals surface area (Å²) in [7, 11) is 0. The van der Waals surface area contributed by atoms with Crippen LogP contribution in [-0.4, -0.2) is 51.0 Å². The molecular formula is C13H16N4O3. The van der Waals surface area contributed by atoms with Gasteiger partial charge in [0.15, 0.2) is 5.65 Å². The Hall–Kier alpha value is -2.15. The van der Waals surface area contributed by atoms with Gasteiger partial charge in [0, 0.05) is 19.3 Å². The van der Waals surface area contributed by atoms with Crippen molar-refractivity contribution in [3.05, 3.63) is 24.0 Å². The summed E-state index contributed by atoms with van der Waals surface area (Å²) in [4.78, 5) is 17.7. The average Bonchev–Trinajstić information content (AvgIpc) is 2.80. The number of anilines is 1. The number of hydrogen-bond donors (Lipinski definition) is 1. The zero-order chi connectivity index (χ0) is 14.3. The SMILES string of the molecule is CC1(C)CN(c2ccn3ncc(C(=O)O)c3n2)CCO1. The van der Waals surface area contributed by atoms with E-state index in [0.29, 0.717) is 18.8 Å². The maximum atomic E-state index is 11.1. The highest BCUT2D eigenvalue weighted by molar-refractivity contribution is 5.94. The van der Waals surface area contributed by atoms with Crippen molar-refractivity contribution in [2.45, 2.75) is 19.4 Å². The largest absolute Gasteiger partial charge is 0.477 e. The summed E-state index contributed by atoms with van der Waals surface area (Å²) in [5.41, 5.74) is 0.237. The Bertz CT molecular complexity index is 665. The van der Waals surface area contributed by atoms with Gasteiger partial charge in [-0.3, -0.25) is 0 Å². The van der Waals surface area contributed by atoms with E-state index >= 15 is 0 Å². The molecule has 1 aliphatic rings. The molecule has 0 amide bonds. The van der Waals surface area contributed by atoms with E-state index in [1.165, 1.54) is 10.7 Å². The molecule has 3 heterocycles. The van der Waals surface area contributed by atoms with Gasteiger partial charge in [-0.25, -0.2) is 14.3 Å². The molecule has 0 atom stereocenters. The summed E-state index contributed by atoms with van der Waals surface area (Å²) in [6.45, 7) is 6.14. The summed E-state index contributed by atoms with van der Waals surface area (Å²) in [6, 6.07) is 1.84. The maximum absolute atomic E-state index is 11.1. The van der Waals surface area contributed by atoms with Gasteiger partial charge < -0.3 is 14.7 Å². The molecule has 0 radical (unpaired) electrons. The molecule has 2 aromatic rings. The number of nitrogens with zero attached hydrogens (tertiary/aromatic N) is 4. The normalized spacial score (nSPS) is 18.4. The van der Waals surface area contributed by atoms with Crippen molar-refractivity contribution in [2.75, 3.05) is 24.6 Å². The molecule has 0 spiro atoms. The summed E-state index contributed by atoms with van der Waals surface area (Å²) < 4.78 is 7.14. The van der Waals surface area contributed by atoms with Crippen molar-refractivity contribution in [2.24, 2.45) is 0 Å². The molecule has 106 valence electrons. The molecule has 0 unspecified atom stereocenters. The van der Waals surface area contributed by atoms with E-state index in [4.69, 9.17) is 9.84 Å². The highest BCUT2D eigenvalue weighted by Gasteiger charge is 2.28. The van der Waals surface area contributed by atoms with E-state index in [0.717, 1.165) is 12.4 Å². The first kappa shape index (κ1) is 12.9. The summed E-state index contributed by atoms with van der Waals surface area (Å²) in [5, 5.41) is 13.1. The standard InChI is InChI=1S/C13H16N4O3/c1-13(2)8-16(5-6-20-13)10-3-4-17-11(15-10)9(7-14-17)12(18)19/h3-4,7H,5-6,8H2,1-2H3,(H,18,19). The number of hydrogen-bond acceptors (Lipinski definition) is 5. The predicted octanol–water partition coefficient (Wildman–Crippen LogP) is 1.04. The monoisotopic (exact) mass is 276 g/mol. The van der Waals surface area contributed by atoms with Crippen LogP contribution in [0.5, 0.6) is 0 Å². The van der Waals surface area contributed by atoms with Crippen LogP contribution in [0.3, 0.4) is 0 Å². The van der Waals surface area contributed by atoms with E-state index < -0.39 is 5.97 Å². The number of carbonyl (C=O) groups is 1. The van der Waals surface area contributed by atoms with E-state index in [1.807, 2.05) is 19.9 Å². The van der Waals surface area contributed by atoms with Gasteiger partial charge in [0.1, 0.15) is 11.4 Å². The van der Waals surface area contributed by atoms with Crippen molar-refractivity contribution in [3.8, 4) is 0 Å². The first-order chi connectivity index (χ1) is 9.46. The zero-order valence-corrected chi connectivity index (χ0v) is 11.4. The van der Waals surface area contributed by atoms with Crippen LogP contribution in [0.2, 0.25) is 0 Å². The molecule has 0 bridgehead atoms.